The molecule has 0 heterocycles. The molecule has 0 fully saturated rings. The lowest BCUT2D eigenvalue weighted by atomic mass is 9.82. The van der Waals surface area contributed by atoms with Gasteiger partial charge in [-0.1, -0.05) is 24.3 Å². The average Bonchev–Trinajstić information content (AvgIpc) is 2.79. The molecule has 0 radical (unpaired) electrons. The predicted octanol–water partition coefficient (Wildman–Crippen LogP) is 2.12. The summed E-state index contributed by atoms with van der Waals surface area (Å²) in [5.74, 6) is -0.232. The predicted molar refractivity (Wildman–Crippen MR) is 133 cm³/mol. The number of anilines is 2. The van der Waals surface area contributed by atoms with Gasteiger partial charge < -0.3 is 24.4 Å². The Bertz CT molecular complexity index is 1160. The third kappa shape index (κ3) is 8.11. The number of ether oxygens (including phenoxy) is 1. The van der Waals surface area contributed by atoms with Gasteiger partial charge in [-0.3, -0.25) is 13.8 Å². The standard InChI is InChI=1S/C23H29N3O3.CH4O4S/c1-26(2,3)14-7-12-24-18-10-5-8-16-20(18)22(27)17-9-6-11-19(21(17)23(16)28)25-13-15-29-4;1-5-6(2,3)4/h5-6,8-11H,7,12-15H2,1-4H3,(H-,24,25,27,28);1H3,(H,2,3,4). The second-order valence-electron chi connectivity index (χ2n) is 8.90. The molecule has 2 aromatic carbocycles. The highest BCUT2D eigenvalue weighted by atomic mass is 32.3. The Hall–Kier alpha value is -2.83. The van der Waals surface area contributed by atoms with Gasteiger partial charge in [-0.05, 0) is 12.1 Å². The Kier molecular flexibility index (Phi) is 9.92. The van der Waals surface area contributed by atoms with Gasteiger partial charge in [0, 0.05) is 49.1 Å². The molecule has 2 N–H and O–H groups in total. The van der Waals surface area contributed by atoms with Crippen LogP contribution in [0.1, 0.15) is 38.3 Å². The smallest absolute Gasteiger partial charge is 0.217 e. The largest absolute Gasteiger partial charge is 0.726 e. The average molecular weight is 508 g/mol. The fourth-order valence-corrected chi connectivity index (χ4v) is 3.60. The summed E-state index contributed by atoms with van der Waals surface area (Å²) in [5.41, 5.74) is 3.23. The molecule has 0 spiro atoms. The number of fused-ring (bicyclic) bond motifs is 2. The van der Waals surface area contributed by atoms with E-state index in [1.807, 2.05) is 18.2 Å². The fraction of sp³-hybridized carbons (Fsp3) is 0.417. The summed E-state index contributed by atoms with van der Waals surface area (Å²) < 4.78 is 37.0. The SMILES string of the molecule is COCCNc1cccc2c1C(=O)c1cccc(NCCC[N+](C)(C)C)c1C2=O.COS(=O)(=O)[O-]. The number of nitrogens with one attached hydrogen (secondary N) is 2. The van der Waals surface area contributed by atoms with E-state index in [1.54, 1.807) is 25.3 Å². The van der Waals surface area contributed by atoms with Gasteiger partial charge in [0.1, 0.15) is 0 Å². The first-order valence-corrected chi connectivity index (χ1v) is 12.4. The quantitative estimate of drug-likeness (QED) is 0.183. The zero-order valence-electron chi connectivity index (χ0n) is 20.7. The highest BCUT2D eigenvalue weighted by Crippen LogP contribution is 2.35. The van der Waals surface area contributed by atoms with Crippen LogP contribution >= 0.6 is 0 Å². The molecule has 11 heteroatoms. The summed E-state index contributed by atoms with van der Waals surface area (Å²) in [7, 11) is 4.49. The summed E-state index contributed by atoms with van der Waals surface area (Å²) in [6, 6.07) is 10.8. The van der Waals surface area contributed by atoms with E-state index in [4.69, 9.17) is 4.74 Å². The van der Waals surface area contributed by atoms with Crippen LogP contribution < -0.4 is 10.6 Å². The molecule has 0 saturated heterocycles. The molecule has 0 saturated carbocycles. The van der Waals surface area contributed by atoms with Crippen LogP contribution in [-0.2, 0) is 19.3 Å². The molecule has 0 aliphatic heterocycles. The maximum absolute atomic E-state index is 13.3. The van der Waals surface area contributed by atoms with Crippen LogP contribution in [0.15, 0.2) is 36.4 Å². The number of quaternary nitrogens is 1. The second kappa shape index (κ2) is 12.2. The minimum Gasteiger partial charge on any atom is -0.726 e. The first kappa shape index (κ1) is 28.4. The topological polar surface area (TPSA) is 134 Å². The zero-order chi connectivity index (χ0) is 26.2. The molecular formula is C24H33N3O7S. The van der Waals surface area contributed by atoms with Crippen molar-refractivity contribution in [2.75, 3.05) is 72.2 Å². The van der Waals surface area contributed by atoms with Gasteiger partial charge in [-0.15, -0.1) is 0 Å². The van der Waals surface area contributed by atoms with Gasteiger partial charge in [0.15, 0.2) is 11.6 Å². The molecule has 0 aromatic heterocycles. The summed E-state index contributed by atoms with van der Waals surface area (Å²) in [4.78, 5) is 26.6. The molecule has 0 bridgehead atoms. The molecule has 1 aliphatic carbocycles. The number of carbonyl (C=O) groups excluding carboxylic acids is 2. The number of nitrogens with zero attached hydrogens (tertiary/aromatic N) is 1. The van der Waals surface area contributed by atoms with Crippen molar-refractivity contribution in [3.63, 3.8) is 0 Å². The normalized spacial score (nSPS) is 12.9. The highest BCUT2D eigenvalue weighted by Gasteiger charge is 2.33. The number of methoxy groups -OCH3 is 1. The molecule has 35 heavy (non-hydrogen) atoms. The van der Waals surface area contributed by atoms with Gasteiger partial charge in [-0.25, -0.2) is 8.42 Å². The summed E-state index contributed by atoms with van der Waals surface area (Å²) >= 11 is 0. The first-order valence-electron chi connectivity index (χ1n) is 11.0. The van der Waals surface area contributed by atoms with Gasteiger partial charge in [0.05, 0.1) is 52.5 Å². The second-order valence-corrected chi connectivity index (χ2v) is 10.1. The maximum atomic E-state index is 13.3. The van der Waals surface area contributed by atoms with E-state index in [-0.39, 0.29) is 11.6 Å². The molecule has 0 atom stereocenters. The Balaban J connectivity index is 0.000000641. The Morgan fingerprint density at radius 3 is 1.71 bits per heavy atom. The van der Waals surface area contributed by atoms with E-state index in [0.29, 0.717) is 41.1 Å². The molecule has 0 amide bonds. The third-order valence-corrected chi connectivity index (χ3v) is 5.63. The Morgan fingerprint density at radius 1 is 0.857 bits per heavy atom. The molecule has 192 valence electrons. The number of ketones is 2. The van der Waals surface area contributed by atoms with Crippen molar-refractivity contribution in [1.29, 1.82) is 0 Å². The van der Waals surface area contributed by atoms with Crippen molar-refractivity contribution in [3.05, 3.63) is 58.7 Å². The van der Waals surface area contributed by atoms with Gasteiger partial charge >= 0.3 is 0 Å². The number of rotatable bonds is 10. The fourth-order valence-electron chi connectivity index (χ4n) is 3.60. The summed E-state index contributed by atoms with van der Waals surface area (Å²) in [6.45, 7) is 2.85. The number of hydrogen-bond donors (Lipinski definition) is 2. The van der Waals surface area contributed by atoms with E-state index < -0.39 is 10.4 Å². The summed E-state index contributed by atoms with van der Waals surface area (Å²) in [6.07, 6.45) is 0.972. The van der Waals surface area contributed by atoms with E-state index in [1.165, 1.54) is 0 Å². The molecule has 1 aliphatic rings. The Labute approximate surface area is 206 Å². The van der Waals surface area contributed by atoms with Crippen LogP contribution in [0.3, 0.4) is 0 Å². The lowest BCUT2D eigenvalue weighted by Crippen LogP contribution is -2.36. The van der Waals surface area contributed by atoms with Crippen LogP contribution in [0, 0.1) is 0 Å². The number of benzene rings is 2. The van der Waals surface area contributed by atoms with Crippen molar-refractivity contribution >= 4 is 33.3 Å². The molecule has 3 rings (SSSR count). The monoisotopic (exact) mass is 507 g/mol. The van der Waals surface area contributed by atoms with E-state index >= 15 is 0 Å². The molecular weight excluding hydrogens is 474 g/mol. The van der Waals surface area contributed by atoms with Crippen LogP contribution in [0.5, 0.6) is 0 Å². The van der Waals surface area contributed by atoms with Gasteiger partial charge in [0.25, 0.3) is 0 Å². The first-order chi connectivity index (χ1) is 16.4. The van der Waals surface area contributed by atoms with Crippen molar-refractivity contribution in [1.82, 2.24) is 0 Å². The minimum atomic E-state index is -4.41. The molecule has 0 unspecified atom stereocenters. The maximum Gasteiger partial charge on any atom is 0.217 e. The van der Waals surface area contributed by atoms with Crippen molar-refractivity contribution in [2.45, 2.75) is 6.42 Å². The van der Waals surface area contributed by atoms with E-state index in [9.17, 15) is 22.6 Å². The van der Waals surface area contributed by atoms with Gasteiger partial charge in [0.2, 0.25) is 10.4 Å². The van der Waals surface area contributed by atoms with Crippen LogP contribution in [0.25, 0.3) is 0 Å². The van der Waals surface area contributed by atoms with Crippen molar-refractivity contribution in [3.8, 4) is 0 Å². The minimum absolute atomic E-state index is 0.111. The van der Waals surface area contributed by atoms with Gasteiger partial charge in [-0.2, -0.15) is 0 Å². The third-order valence-electron chi connectivity index (χ3n) is 5.22. The summed E-state index contributed by atoms with van der Waals surface area (Å²) in [5, 5.41) is 6.58. The molecule has 2 aromatic rings. The number of carbonyl (C=O) groups is 2. The van der Waals surface area contributed by atoms with Crippen LogP contribution in [0.4, 0.5) is 11.4 Å². The van der Waals surface area contributed by atoms with Crippen molar-refractivity contribution in [2.24, 2.45) is 0 Å². The Morgan fingerprint density at radius 2 is 1.31 bits per heavy atom. The molecule has 10 nitrogen and oxygen atoms in total. The highest BCUT2D eigenvalue weighted by molar-refractivity contribution is 7.80. The lowest BCUT2D eigenvalue weighted by molar-refractivity contribution is -0.870. The van der Waals surface area contributed by atoms with Crippen molar-refractivity contribution < 1.29 is 36.0 Å². The van der Waals surface area contributed by atoms with E-state index in [2.05, 4.69) is 36.0 Å². The van der Waals surface area contributed by atoms with Crippen LogP contribution in [-0.4, -0.2) is 90.6 Å². The number of hydrogen-bond acceptors (Lipinski definition) is 9. The van der Waals surface area contributed by atoms with E-state index in [0.717, 1.165) is 36.8 Å². The lowest BCUT2D eigenvalue weighted by Gasteiger charge is -2.25. The van der Waals surface area contributed by atoms with Crippen LogP contribution in [0.2, 0.25) is 0 Å². The zero-order valence-corrected chi connectivity index (χ0v) is 21.5.